The smallest absolute Gasteiger partial charge is 0.149 e. The quantitative estimate of drug-likeness (QED) is 0.744. The summed E-state index contributed by atoms with van der Waals surface area (Å²) in [6, 6.07) is 8.20. The van der Waals surface area contributed by atoms with Gasteiger partial charge in [0.1, 0.15) is 11.9 Å². The van der Waals surface area contributed by atoms with Crippen molar-refractivity contribution in [3.8, 4) is 6.07 Å². The summed E-state index contributed by atoms with van der Waals surface area (Å²) in [6.45, 7) is 1.81. The predicted molar refractivity (Wildman–Crippen MR) is 82.8 cm³/mol. The lowest BCUT2D eigenvalue weighted by atomic mass is 10.2. The van der Waals surface area contributed by atoms with Gasteiger partial charge in [-0.1, -0.05) is 0 Å². The van der Waals surface area contributed by atoms with Gasteiger partial charge in [0.2, 0.25) is 0 Å². The molecule has 1 unspecified atom stereocenters. The number of halogens is 3. The van der Waals surface area contributed by atoms with Crippen molar-refractivity contribution >= 4 is 48.9 Å². The van der Waals surface area contributed by atoms with Crippen LogP contribution in [0.4, 0.5) is 10.1 Å². The molecule has 0 aliphatic heterocycles. The molecule has 0 fully saturated rings. The Morgan fingerprint density at radius 1 is 1.32 bits per heavy atom. The van der Waals surface area contributed by atoms with Crippen LogP contribution in [0.25, 0.3) is 0 Å². The van der Waals surface area contributed by atoms with Gasteiger partial charge >= 0.3 is 0 Å². The molecule has 0 saturated heterocycles. The molecule has 0 aliphatic rings. The van der Waals surface area contributed by atoms with Crippen molar-refractivity contribution in [2.75, 3.05) is 5.32 Å². The monoisotopic (exact) mass is 402 g/mol. The molecule has 1 N–H and O–H groups in total. The van der Waals surface area contributed by atoms with Crippen LogP contribution in [-0.2, 0) is 0 Å². The van der Waals surface area contributed by atoms with Crippen molar-refractivity contribution in [2.24, 2.45) is 0 Å². The summed E-state index contributed by atoms with van der Waals surface area (Å²) in [5, 5.41) is 12.3. The normalized spacial score (nSPS) is 11.9. The molecular weight excluding hydrogens is 395 g/mol. The maximum absolute atomic E-state index is 13.3. The van der Waals surface area contributed by atoms with E-state index in [0.717, 1.165) is 18.7 Å². The van der Waals surface area contributed by atoms with E-state index in [9.17, 15) is 9.65 Å². The molecule has 6 heteroatoms. The minimum atomic E-state index is -0.506. The highest BCUT2D eigenvalue weighted by molar-refractivity contribution is 9.13. The maximum atomic E-state index is 13.3. The van der Waals surface area contributed by atoms with E-state index in [1.54, 1.807) is 0 Å². The van der Waals surface area contributed by atoms with E-state index in [-0.39, 0.29) is 5.82 Å². The second-order valence-corrected chi connectivity index (χ2v) is 7.25. The lowest BCUT2D eigenvalue weighted by Gasteiger charge is -2.12. The fourth-order valence-electron chi connectivity index (χ4n) is 1.66. The van der Waals surface area contributed by atoms with Crippen LogP contribution in [0.15, 0.2) is 32.5 Å². The average Bonchev–Trinajstić information content (AvgIpc) is 2.65. The van der Waals surface area contributed by atoms with E-state index < -0.39 is 6.04 Å². The molecule has 1 atom stereocenters. The molecule has 0 aliphatic carbocycles. The number of anilines is 1. The molecule has 2 aromatic rings. The summed E-state index contributed by atoms with van der Waals surface area (Å²) in [5.74, 6) is -0.312. The van der Waals surface area contributed by atoms with Crippen LogP contribution in [0.5, 0.6) is 0 Å². The van der Waals surface area contributed by atoms with Gasteiger partial charge in [0.15, 0.2) is 0 Å². The molecule has 1 aromatic heterocycles. The molecule has 0 saturated carbocycles. The highest BCUT2D eigenvalue weighted by Gasteiger charge is 2.15. The highest BCUT2D eigenvalue weighted by atomic mass is 79.9. The van der Waals surface area contributed by atoms with Crippen molar-refractivity contribution in [3.05, 3.63) is 48.8 Å². The highest BCUT2D eigenvalue weighted by Crippen LogP contribution is 2.36. The minimum Gasteiger partial charge on any atom is -0.365 e. The SMILES string of the molecule is Cc1cc(F)cc(NC(C#N)c2cc(Br)c(Br)s2)c1. The number of thiophene rings is 1. The first-order chi connectivity index (χ1) is 8.99. The third-order valence-corrected chi connectivity index (χ3v) is 5.75. The Morgan fingerprint density at radius 3 is 2.58 bits per heavy atom. The first-order valence-corrected chi connectivity index (χ1v) is 7.78. The van der Waals surface area contributed by atoms with Crippen LogP contribution < -0.4 is 5.32 Å². The lowest BCUT2D eigenvalue weighted by Crippen LogP contribution is -2.07. The first kappa shape index (κ1) is 14.5. The lowest BCUT2D eigenvalue weighted by molar-refractivity contribution is 0.627. The molecule has 0 spiro atoms. The largest absolute Gasteiger partial charge is 0.365 e. The van der Waals surface area contributed by atoms with Crippen molar-refractivity contribution < 1.29 is 4.39 Å². The molecule has 0 bridgehead atoms. The van der Waals surface area contributed by atoms with Gasteiger partial charge in [-0.15, -0.1) is 11.3 Å². The van der Waals surface area contributed by atoms with Gasteiger partial charge in [0.25, 0.3) is 0 Å². The van der Waals surface area contributed by atoms with Crippen molar-refractivity contribution in [1.29, 1.82) is 5.26 Å². The second kappa shape index (κ2) is 6.04. The molecule has 19 heavy (non-hydrogen) atoms. The number of nitrogens with one attached hydrogen (secondary N) is 1. The van der Waals surface area contributed by atoms with Gasteiger partial charge in [-0.05, 0) is 68.6 Å². The third-order valence-electron chi connectivity index (χ3n) is 2.43. The maximum Gasteiger partial charge on any atom is 0.149 e. The number of nitrogens with zero attached hydrogens (tertiary/aromatic N) is 1. The van der Waals surface area contributed by atoms with Crippen LogP contribution in [-0.4, -0.2) is 0 Å². The zero-order valence-electron chi connectivity index (χ0n) is 9.88. The molecular formula is C13H9Br2FN2S. The molecule has 1 heterocycles. The van der Waals surface area contributed by atoms with Crippen molar-refractivity contribution in [1.82, 2.24) is 0 Å². The first-order valence-electron chi connectivity index (χ1n) is 5.37. The van der Waals surface area contributed by atoms with Gasteiger partial charge in [0, 0.05) is 15.0 Å². The molecule has 98 valence electrons. The molecule has 0 radical (unpaired) electrons. The molecule has 2 nitrogen and oxygen atoms in total. The topological polar surface area (TPSA) is 35.8 Å². The summed E-state index contributed by atoms with van der Waals surface area (Å²) in [6.07, 6.45) is 0. The van der Waals surface area contributed by atoms with E-state index >= 15 is 0 Å². The Labute approximate surface area is 131 Å². The van der Waals surface area contributed by atoms with Gasteiger partial charge in [-0.25, -0.2) is 4.39 Å². The van der Waals surface area contributed by atoms with Crippen molar-refractivity contribution in [2.45, 2.75) is 13.0 Å². The summed E-state index contributed by atoms with van der Waals surface area (Å²) in [5.41, 5.74) is 1.41. The van der Waals surface area contributed by atoms with Gasteiger partial charge in [0.05, 0.1) is 9.86 Å². The average molecular weight is 404 g/mol. The van der Waals surface area contributed by atoms with Crippen LogP contribution in [0, 0.1) is 24.1 Å². The van der Waals surface area contributed by atoms with Gasteiger partial charge in [-0.2, -0.15) is 5.26 Å². The molecule has 1 aromatic carbocycles. The summed E-state index contributed by atoms with van der Waals surface area (Å²) < 4.78 is 15.2. The summed E-state index contributed by atoms with van der Waals surface area (Å²) in [7, 11) is 0. The Morgan fingerprint density at radius 2 is 2.05 bits per heavy atom. The second-order valence-electron chi connectivity index (χ2n) is 3.99. The van der Waals surface area contributed by atoms with Crippen LogP contribution in [0.3, 0.4) is 0 Å². The summed E-state index contributed by atoms with van der Waals surface area (Å²) >= 11 is 8.25. The Balaban J connectivity index is 2.26. The van der Waals surface area contributed by atoms with Crippen LogP contribution >= 0.6 is 43.2 Å². The van der Waals surface area contributed by atoms with E-state index in [4.69, 9.17) is 0 Å². The van der Waals surface area contributed by atoms with Gasteiger partial charge in [-0.3, -0.25) is 0 Å². The molecule has 2 rings (SSSR count). The predicted octanol–water partition coefficient (Wildman–Crippen LogP) is 5.40. The zero-order valence-corrected chi connectivity index (χ0v) is 13.9. The Kier molecular flexibility index (Phi) is 4.61. The van der Waals surface area contributed by atoms with E-state index in [1.165, 1.54) is 23.5 Å². The van der Waals surface area contributed by atoms with E-state index in [0.29, 0.717) is 5.69 Å². The third kappa shape index (κ3) is 3.56. The zero-order chi connectivity index (χ0) is 14.0. The van der Waals surface area contributed by atoms with E-state index in [1.807, 2.05) is 19.1 Å². The Bertz CT molecular complexity index is 609. The molecule has 0 amide bonds. The fraction of sp³-hybridized carbons (Fsp3) is 0.154. The number of nitriles is 1. The van der Waals surface area contributed by atoms with Crippen LogP contribution in [0.2, 0.25) is 0 Å². The minimum absolute atomic E-state index is 0.312. The van der Waals surface area contributed by atoms with E-state index in [2.05, 4.69) is 43.2 Å². The number of hydrogen-bond donors (Lipinski definition) is 1. The standard InChI is InChI=1S/C13H9Br2FN2S/c1-7-2-8(16)4-9(3-7)18-11(6-17)12-5-10(14)13(15)19-12/h2-5,11,18H,1H3. The fourth-order valence-corrected chi connectivity index (χ4v) is 3.74. The van der Waals surface area contributed by atoms with Gasteiger partial charge < -0.3 is 5.32 Å². The number of benzene rings is 1. The van der Waals surface area contributed by atoms with Crippen LogP contribution in [0.1, 0.15) is 16.5 Å². The number of aryl methyl sites for hydroxylation is 1. The Hall–Kier alpha value is -0.900. The number of hydrogen-bond acceptors (Lipinski definition) is 3. The number of rotatable bonds is 3. The van der Waals surface area contributed by atoms with Crippen molar-refractivity contribution in [3.63, 3.8) is 0 Å². The summed E-state index contributed by atoms with van der Waals surface area (Å²) in [4.78, 5) is 0.864.